The van der Waals surface area contributed by atoms with Gasteiger partial charge in [-0.05, 0) is 17.5 Å². The zero-order valence-electron chi connectivity index (χ0n) is 16.5. The molecular weight excluding hydrogens is 495 g/mol. The van der Waals surface area contributed by atoms with E-state index in [1.54, 1.807) is 14.2 Å². The number of nitrogens with zero attached hydrogens (tertiary/aromatic N) is 2. The molecule has 0 saturated carbocycles. The second-order valence-electron chi connectivity index (χ2n) is 6.24. The summed E-state index contributed by atoms with van der Waals surface area (Å²) in [6, 6.07) is 7.58. The van der Waals surface area contributed by atoms with Crippen LogP contribution in [-0.4, -0.2) is 72.3 Å². The number of hydrogen-bond donors (Lipinski definition) is 2. The Kier molecular flexibility index (Phi) is 11.9. The van der Waals surface area contributed by atoms with Gasteiger partial charge in [0.15, 0.2) is 5.96 Å². The number of methoxy groups -OCH3 is 1. The van der Waals surface area contributed by atoms with Crippen LogP contribution in [-0.2, 0) is 31.8 Å². The summed E-state index contributed by atoms with van der Waals surface area (Å²) >= 11 is 0. The first-order valence-electron chi connectivity index (χ1n) is 9.12. The number of ether oxygens (including phenoxy) is 2. The molecule has 0 radical (unpaired) electrons. The summed E-state index contributed by atoms with van der Waals surface area (Å²) in [6.07, 6.45) is 0.881. The van der Waals surface area contributed by atoms with E-state index in [2.05, 4.69) is 15.6 Å². The zero-order chi connectivity index (χ0) is 19.5. The van der Waals surface area contributed by atoms with Gasteiger partial charge < -0.3 is 20.1 Å². The molecule has 1 aromatic carbocycles. The zero-order valence-corrected chi connectivity index (χ0v) is 19.7. The molecule has 0 aliphatic carbocycles. The molecule has 1 heterocycles. The molecule has 1 aliphatic heterocycles. The highest BCUT2D eigenvalue weighted by molar-refractivity contribution is 14.0. The summed E-state index contributed by atoms with van der Waals surface area (Å²) in [6.45, 7) is 3.67. The average molecular weight is 526 g/mol. The van der Waals surface area contributed by atoms with Crippen LogP contribution >= 0.6 is 24.0 Å². The van der Waals surface area contributed by atoms with E-state index in [1.807, 2.05) is 24.3 Å². The van der Waals surface area contributed by atoms with Gasteiger partial charge in [0.05, 0.1) is 19.0 Å². The molecule has 160 valence electrons. The summed E-state index contributed by atoms with van der Waals surface area (Å²) in [5, 5.41) is 6.45. The number of sulfonamides is 1. The fourth-order valence-electron chi connectivity index (χ4n) is 2.81. The van der Waals surface area contributed by atoms with Gasteiger partial charge in [-0.1, -0.05) is 24.3 Å². The smallest absolute Gasteiger partial charge is 0.218 e. The van der Waals surface area contributed by atoms with E-state index >= 15 is 0 Å². The Morgan fingerprint density at radius 2 is 1.89 bits per heavy atom. The lowest BCUT2D eigenvalue weighted by atomic mass is 10.1. The Balaban J connectivity index is 0.00000392. The molecule has 0 bridgehead atoms. The van der Waals surface area contributed by atoms with Gasteiger partial charge >= 0.3 is 0 Å². The summed E-state index contributed by atoms with van der Waals surface area (Å²) < 4.78 is 37.2. The predicted octanol–water partition coefficient (Wildman–Crippen LogP) is 1.17. The third-order valence-electron chi connectivity index (χ3n) is 4.31. The largest absolute Gasteiger partial charge is 0.385 e. The molecule has 0 unspecified atom stereocenters. The minimum absolute atomic E-state index is 0. The van der Waals surface area contributed by atoms with Crippen molar-refractivity contribution < 1.29 is 17.9 Å². The maximum Gasteiger partial charge on any atom is 0.218 e. The van der Waals surface area contributed by atoms with Crippen molar-refractivity contribution in [3.8, 4) is 0 Å². The van der Waals surface area contributed by atoms with Crippen LogP contribution in [0.15, 0.2) is 29.3 Å². The van der Waals surface area contributed by atoms with Gasteiger partial charge in [0.2, 0.25) is 10.0 Å². The minimum Gasteiger partial charge on any atom is -0.385 e. The highest BCUT2D eigenvalue weighted by Gasteiger charge is 2.25. The van der Waals surface area contributed by atoms with Crippen molar-refractivity contribution in [1.29, 1.82) is 0 Å². The normalized spacial score (nSPS) is 15.7. The molecule has 0 atom stereocenters. The van der Waals surface area contributed by atoms with Crippen molar-refractivity contribution in [2.24, 2.45) is 4.99 Å². The Bertz CT molecular complexity index is 709. The number of aliphatic imine (C=N–C) groups is 1. The van der Waals surface area contributed by atoms with Crippen molar-refractivity contribution in [3.63, 3.8) is 0 Å². The van der Waals surface area contributed by atoms with Gasteiger partial charge in [-0.15, -0.1) is 24.0 Å². The van der Waals surface area contributed by atoms with E-state index in [0.717, 1.165) is 24.1 Å². The van der Waals surface area contributed by atoms with Gasteiger partial charge in [-0.3, -0.25) is 4.99 Å². The second-order valence-corrected chi connectivity index (χ2v) is 8.20. The molecule has 0 spiro atoms. The van der Waals surface area contributed by atoms with Crippen LogP contribution in [0.2, 0.25) is 0 Å². The first-order valence-corrected chi connectivity index (χ1v) is 10.7. The summed E-state index contributed by atoms with van der Waals surface area (Å²) in [5.74, 6) is 0.669. The molecule has 2 N–H and O–H groups in total. The summed E-state index contributed by atoms with van der Waals surface area (Å²) in [7, 11) is 0.0266. The molecule has 8 nitrogen and oxygen atoms in total. The van der Waals surface area contributed by atoms with Crippen LogP contribution in [0.4, 0.5) is 0 Å². The number of hydrogen-bond acceptors (Lipinski definition) is 5. The average Bonchev–Trinajstić information content (AvgIpc) is 2.69. The van der Waals surface area contributed by atoms with Crippen LogP contribution in [0.1, 0.15) is 17.5 Å². The van der Waals surface area contributed by atoms with E-state index in [4.69, 9.17) is 9.47 Å². The van der Waals surface area contributed by atoms with Crippen LogP contribution in [0.25, 0.3) is 0 Å². The van der Waals surface area contributed by atoms with Gasteiger partial charge in [0.25, 0.3) is 0 Å². The Labute approximate surface area is 185 Å². The van der Waals surface area contributed by atoms with Crippen LogP contribution in [0.5, 0.6) is 0 Å². The van der Waals surface area contributed by atoms with Crippen molar-refractivity contribution in [1.82, 2.24) is 14.9 Å². The number of benzene rings is 1. The molecule has 0 aromatic heterocycles. The highest BCUT2D eigenvalue weighted by atomic mass is 127. The van der Waals surface area contributed by atoms with Gasteiger partial charge in [0, 0.05) is 46.9 Å². The third-order valence-corrected chi connectivity index (χ3v) is 6.14. The molecule has 1 saturated heterocycles. The lowest BCUT2D eigenvalue weighted by Crippen LogP contribution is -2.41. The standard InChI is InChI=1S/C18H30N4O4S.HI/c1-19-18(20-8-5-11-25-2)21-14-16-6-3-4-7-17(16)15-27(23,24)22-9-12-26-13-10-22;/h3-4,6-7H,5,8-15H2,1-2H3,(H2,19,20,21);1H. The number of morpholine rings is 1. The van der Waals surface area contributed by atoms with Crippen molar-refractivity contribution in [2.45, 2.75) is 18.7 Å². The molecule has 10 heteroatoms. The predicted molar refractivity (Wildman–Crippen MR) is 122 cm³/mol. The maximum absolute atomic E-state index is 12.7. The molecular formula is C18H31IN4O4S. The van der Waals surface area contributed by atoms with Crippen LogP contribution < -0.4 is 10.6 Å². The number of halogens is 1. The second kappa shape index (κ2) is 13.3. The number of rotatable bonds is 9. The molecule has 0 amide bonds. The first-order chi connectivity index (χ1) is 13.1. The van der Waals surface area contributed by atoms with Gasteiger partial charge in [-0.25, -0.2) is 8.42 Å². The molecule has 1 aromatic rings. The van der Waals surface area contributed by atoms with Crippen LogP contribution in [0.3, 0.4) is 0 Å². The van der Waals surface area contributed by atoms with Crippen molar-refractivity contribution in [3.05, 3.63) is 35.4 Å². The van der Waals surface area contributed by atoms with Gasteiger partial charge in [-0.2, -0.15) is 4.31 Å². The molecule has 1 fully saturated rings. The maximum atomic E-state index is 12.7. The fourth-order valence-corrected chi connectivity index (χ4v) is 4.37. The Morgan fingerprint density at radius 3 is 2.54 bits per heavy atom. The fraction of sp³-hybridized carbons (Fsp3) is 0.611. The Morgan fingerprint density at radius 1 is 1.21 bits per heavy atom. The SMILES string of the molecule is CN=C(NCCCOC)NCc1ccccc1CS(=O)(=O)N1CCOCC1.I. The quantitative estimate of drug-likeness (QED) is 0.217. The highest BCUT2D eigenvalue weighted by Crippen LogP contribution is 2.16. The number of guanidine groups is 1. The Hall–Kier alpha value is -0.950. The lowest BCUT2D eigenvalue weighted by molar-refractivity contribution is 0.0729. The van der Waals surface area contributed by atoms with E-state index in [0.29, 0.717) is 45.4 Å². The van der Waals surface area contributed by atoms with E-state index in [-0.39, 0.29) is 29.7 Å². The van der Waals surface area contributed by atoms with Crippen molar-refractivity contribution >= 4 is 40.0 Å². The molecule has 28 heavy (non-hydrogen) atoms. The van der Waals surface area contributed by atoms with Crippen LogP contribution in [0, 0.1) is 0 Å². The molecule has 2 rings (SSSR count). The minimum atomic E-state index is -3.36. The first kappa shape index (κ1) is 25.1. The monoisotopic (exact) mass is 526 g/mol. The van der Waals surface area contributed by atoms with Gasteiger partial charge in [0.1, 0.15) is 0 Å². The van der Waals surface area contributed by atoms with Crippen molar-refractivity contribution in [2.75, 3.05) is 53.6 Å². The number of nitrogens with one attached hydrogen (secondary N) is 2. The van der Waals surface area contributed by atoms with E-state index in [9.17, 15) is 8.42 Å². The van der Waals surface area contributed by atoms with E-state index < -0.39 is 10.0 Å². The summed E-state index contributed by atoms with van der Waals surface area (Å²) in [4.78, 5) is 4.19. The molecule has 1 aliphatic rings. The van der Waals surface area contributed by atoms with E-state index in [1.165, 1.54) is 4.31 Å². The topological polar surface area (TPSA) is 92.3 Å². The lowest BCUT2D eigenvalue weighted by Gasteiger charge is -2.26. The third kappa shape index (κ3) is 8.19. The summed E-state index contributed by atoms with van der Waals surface area (Å²) in [5.41, 5.74) is 1.74.